The van der Waals surface area contributed by atoms with E-state index >= 15 is 0 Å². The van der Waals surface area contributed by atoms with Gasteiger partial charge in [-0.25, -0.2) is 9.98 Å². The zero-order valence-electron chi connectivity index (χ0n) is 13.4. The van der Waals surface area contributed by atoms with Crippen LogP contribution < -0.4 is 10.6 Å². The summed E-state index contributed by atoms with van der Waals surface area (Å²) in [6.45, 7) is 4.26. The average molecular weight is 446 g/mol. The van der Waals surface area contributed by atoms with Gasteiger partial charge >= 0.3 is 0 Å². The molecule has 0 amide bonds. The molecule has 7 heteroatoms. The minimum Gasteiger partial charge on any atom is -0.444 e. The molecule has 0 spiro atoms. The Labute approximate surface area is 158 Å². The van der Waals surface area contributed by atoms with Crippen LogP contribution in [-0.4, -0.2) is 36.0 Å². The molecule has 0 saturated carbocycles. The number of aliphatic imine (C=N–C) groups is 1. The zero-order chi connectivity index (χ0) is 15.6. The van der Waals surface area contributed by atoms with Gasteiger partial charge in [-0.1, -0.05) is 18.2 Å². The van der Waals surface area contributed by atoms with Crippen LogP contribution >= 0.6 is 35.7 Å². The molecule has 0 aliphatic heterocycles. The van der Waals surface area contributed by atoms with Crippen molar-refractivity contribution in [3.8, 4) is 11.5 Å². The van der Waals surface area contributed by atoms with Crippen LogP contribution in [0.2, 0.25) is 0 Å². The molecule has 0 atom stereocenters. The molecule has 1 aromatic carbocycles. The number of rotatable bonds is 7. The molecule has 0 unspecified atom stereocenters. The summed E-state index contributed by atoms with van der Waals surface area (Å²) in [6.07, 6.45) is 3.75. The molecule has 2 aromatic rings. The maximum Gasteiger partial charge on any atom is 0.226 e. The SMILES string of the molecule is CCNC(=NCc1coc(-c2ccccc2)n1)NCCSC.I. The van der Waals surface area contributed by atoms with E-state index in [-0.39, 0.29) is 24.0 Å². The molecule has 23 heavy (non-hydrogen) atoms. The number of thioether (sulfide) groups is 1. The molecule has 0 bridgehead atoms. The second-order valence-corrected chi connectivity index (χ2v) is 5.61. The lowest BCUT2D eigenvalue weighted by molar-refractivity contribution is 0.572. The highest BCUT2D eigenvalue weighted by atomic mass is 127. The fourth-order valence-electron chi connectivity index (χ4n) is 1.87. The van der Waals surface area contributed by atoms with E-state index in [0.717, 1.165) is 36.1 Å². The maximum atomic E-state index is 5.52. The summed E-state index contributed by atoms with van der Waals surface area (Å²) >= 11 is 1.80. The van der Waals surface area contributed by atoms with Crippen molar-refractivity contribution >= 4 is 41.7 Å². The Morgan fingerprint density at radius 3 is 2.74 bits per heavy atom. The number of hydrogen-bond acceptors (Lipinski definition) is 4. The van der Waals surface area contributed by atoms with Crippen LogP contribution in [0.4, 0.5) is 0 Å². The van der Waals surface area contributed by atoms with Crippen LogP contribution in [0.5, 0.6) is 0 Å². The van der Waals surface area contributed by atoms with Crippen molar-refractivity contribution in [1.29, 1.82) is 0 Å². The number of hydrogen-bond donors (Lipinski definition) is 2. The number of halogens is 1. The molecule has 0 radical (unpaired) electrons. The van der Waals surface area contributed by atoms with Crippen molar-refractivity contribution in [3.05, 3.63) is 42.3 Å². The molecular weight excluding hydrogens is 423 g/mol. The van der Waals surface area contributed by atoms with E-state index in [1.807, 2.05) is 30.3 Å². The normalized spacial score (nSPS) is 11.0. The number of nitrogens with zero attached hydrogens (tertiary/aromatic N) is 2. The molecule has 1 aromatic heterocycles. The van der Waals surface area contributed by atoms with Crippen LogP contribution in [0.15, 0.2) is 46.0 Å². The Hall–Kier alpha value is -1.22. The summed E-state index contributed by atoms with van der Waals surface area (Å²) in [5.74, 6) is 2.49. The number of guanidine groups is 1. The quantitative estimate of drug-likeness (QED) is 0.296. The first-order chi connectivity index (χ1) is 10.8. The second-order valence-electron chi connectivity index (χ2n) is 4.62. The predicted octanol–water partition coefficient (Wildman–Crippen LogP) is 3.38. The molecule has 0 aliphatic rings. The van der Waals surface area contributed by atoms with Crippen LogP contribution in [-0.2, 0) is 6.54 Å². The van der Waals surface area contributed by atoms with E-state index < -0.39 is 0 Å². The van der Waals surface area contributed by atoms with Crippen molar-refractivity contribution in [1.82, 2.24) is 15.6 Å². The smallest absolute Gasteiger partial charge is 0.226 e. The van der Waals surface area contributed by atoms with E-state index in [1.54, 1.807) is 18.0 Å². The third-order valence-corrected chi connectivity index (χ3v) is 3.53. The summed E-state index contributed by atoms with van der Waals surface area (Å²) in [5, 5.41) is 6.51. The Morgan fingerprint density at radius 1 is 1.26 bits per heavy atom. The highest BCUT2D eigenvalue weighted by Crippen LogP contribution is 2.18. The minimum absolute atomic E-state index is 0. The van der Waals surface area contributed by atoms with E-state index in [2.05, 4.69) is 33.8 Å². The first-order valence-electron chi connectivity index (χ1n) is 7.34. The van der Waals surface area contributed by atoms with Crippen molar-refractivity contribution < 1.29 is 4.42 Å². The van der Waals surface area contributed by atoms with Gasteiger partial charge in [0.15, 0.2) is 5.96 Å². The third-order valence-electron chi connectivity index (χ3n) is 2.91. The Morgan fingerprint density at radius 2 is 2.04 bits per heavy atom. The Balaban J connectivity index is 0.00000264. The number of oxazole rings is 1. The Kier molecular flexibility index (Phi) is 9.77. The maximum absolute atomic E-state index is 5.52. The number of aromatic nitrogens is 1. The summed E-state index contributed by atoms with van der Waals surface area (Å²) < 4.78 is 5.52. The second kappa shape index (κ2) is 11.3. The largest absolute Gasteiger partial charge is 0.444 e. The minimum atomic E-state index is 0. The molecule has 0 saturated heterocycles. The Bertz CT molecular complexity index is 589. The topological polar surface area (TPSA) is 62.5 Å². The summed E-state index contributed by atoms with van der Waals surface area (Å²) in [6, 6.07) is 9.87. The van der Waals surface area contributed by atoms with Gasteiger partial charge in [-0.3, -0.25) is 0 Å². The van der Waals surface area contributed by atoms with Crippen LogP contribution in [0.25, 0.3) is 11.5 Å². The van der Waals surface area contributed by atoms with Crippen molar-refractivity contribution in [3.63, 3.8) is 0 Å². The highest BCUT2D eigenvalue weighted by molar-refractivity contribution is 14.0. The average Bonchev–Trinajstić information content (AvgIpc) is 3.03. The standard InChI is InChI=1S/C16H22N4OS.HI/c1-3-17-16(18-9-10-22-2)19-11-14-12-21-15(20-14)13-7-5-4-6-8-13;/h4-8,12H,3,9-11H2,1-2H3,(H2,17,18,19);1H. The van der Waals surface area contributed by atoms with Gasteiger partial charge in [0.1, 0.15) is 12.0 Å². The van der Waals surface area contributed by atoms with Crippen LogP contribution in [0.3, 0.4) is 0 Å². The van der Waals surface area contributed by atoms with Gasteiger partial charge in [0.05, 0.1) is 6.54 Å². The summed E-state index contributed by atoms with van der Waals surface area (Å²) in [4.78, 5) is 9.00. The molecular formula is C16H23IN4OS. The first-order valence-corrected chi connectivity index (χ1v) is 8.73. The van der Waals surface area contributed by atoms with Gasteiger partial charge in [-0.2, -0.15) is 11.8 Å². The summed E-state index contributed by atoms with van der Waals surface area (Å²) in [5.41, 5.74) is 1.80. The number of nitrogens with one attached hydrogen (secondary N) is 2. The van der Waals surface area contributed by atoms with E-state index in [4.69, 9.17) is 4.42 Å². The van der Waals surface area contributed by atoms with Gasteiger partial charge in [-0.05, 0) is 25.3 Å². The van der Waals surface area contributed by atoms with Gasteiger partial charge in [0.2, 0.25) is 5.89 Å². The lowest BCUT2D eigenvalue weighted by atomic mass is 10.2. The van der Waals surface area contributed by atoms with Gasteiger partial charge < -0.3 is 15.1 Å². The van der Waals surface area contributed by atoms with Crippen molar-refractivity contribution in [2.24, 2.45) is 4.99 Å². The van der Waals surface area contributed by atoms with E-state index in [9.17, 15) is 0 Å². The molecule has 5 nitrogen and oxygen atoms in total. The zero-order valence-corrected chi connectivity index (χ0v) is 16.6. The molecule has 2 rings (SSSR count). The van der Waals surface area contributed by atoms with Gasteiger partial charge in [-0.15, -0.1) is 24.0 Å². The van der Waals surface area contributed by atoms with E-state index in [1.165, 1.54) is 0 Å². The van der Waals surface area contributed by atoms with Crippen molar-refractivity contribution in [2.75, 3.05) is 25.1 Å². The molecule has 1 heterocycles. The van der Waals surface area contributed by atoms with Crippen LogP contribution in [0, 0.1) is 0 Å². The van der Waals surface area contributed by atoms with Crippen LogP contribution in [0.1, 0.15) is 12.6 Å². The molecule has 126 valence electrons. The lowest BCUT2D eigenvalue weighted by Crippen LogP contribution is -2.38. The fraction of sp³-hybridized carbons (Fsp3) is 0.375. The van der Waals surface area contributed by atoms with Crippen molar-refractivity contribution in [2.45, 2.75) is 13.5 Å². The van der Waals surface area contributed by atoms with E-state index in [0.29, 0.717) is 12.4 Å². The fourth-order valence-corrected chi connectivity index (χ4v) is 2.17. The first kappa shape index (κ1) is 19.8. The number of benzene rings is 1. The molecule has 0 aliphatic carbocycles. The van der Waals surface area contributed by atoms with Gasteiger partial charge in [0, 0.05) is 24.4 Å². The molecule has 2 N–H and O–H groups in total. The van der Waals surface area contributed by atoms with Gasteiger partial charge in [0.25, 0.3) is 0 Å². The third kappa shape index (κ3) is 6.82. The monoisotopic (exact) mass is 446 g/mol. The summed E-state index contributed by atoms with van der Waals surface area (Å²) in [7, 11) is 0. The highest BCUT2D eigenvalue weighted by Gasteiger charge is 2.06. The predicted molar refractivity (Wildman–Crippen MR) is 109 cm³/mol. The lowest BCUT2D eigenvalue weighted by Gasteiger charge is -2.09. The molecule has 0 fully saturated rings.